The van der Waals surface area contributed by atoms with Crippen LogP contribution in [0.4, 0.5) is 11.4 Å². The Morgan fingerprint density at radius 2 is 1.61 bits per heavy atom. The minimum Gasteiger partial charge on any atom is -0.462 e. The minimum absolute atomic E-state index is 0.0802. The first-order valence-electron chi connectivity index (χ1n) is 9.77. The molecule has 8 nitrogen and oxygen atoms in total. The summed E-state index contributed by atoms with van der Waals surface area (Å²) in [5.41, 5.74) is 1.18. The number of amides is 2. The number of ether oxygens (including phenoxy) is 2. The lowest BCUT2D eigenvalue weighted by Crippen LogP contribution is -2.32. The summed E-state index contributed by atoms with van der Waals surface area (Å²) in [6.45, 7) is 3.67. The van der Waals surface area contributed by atoms with Crippen molar-refractivity contribution in [1.29, 1.82) is 0 Å². The van der Waals surface area contributed by atoms with Crippen molar-refractivity contribution in [2.24, 2.45) is 0 Å². The van der Waals surface area contributed by atoms with Gasteiger partial charge in [-0.05, 0) is 44.2 Å². The number of hydrogen-bond donors (Lipinski definition) is 2. The number of fused-ring (bicyclic) bond motifs is 1. The van der Waals surface area contributed by atoms with Crippen LogP contribution in [-0.4, -0.2) is 42.2 Å². The Morgan fingerprint density at radius 1 is 1.00 bits per heavy atom. The molecule has 1 heterocycles. The Kier molecular flexibility index (Phi) is 7.30. The third kappa shape index (κ3) is 5.64. The van der Waals surface area contributed by atoms with Gasteiger partial charge in [-0.15, -0.1) is 11.8 Å². The van der Waals surface area contributed by atoms with Gasteiger partial charge in [-0.2, -0.15) is 0 Å². The quantitative estimate of drug-likeness (QED) is 0.632. The van der Waals surface area contributed by atoms with E-state index in [1.165, 1.54) is 30.0 Å². The van der Waals surface area contributed by atoms with E-state index in [0.29, 0.717) is 0 Å². The first-order chi connectivity index (χ1) is 14.9. The molecule has 0 bridgehead atoms. The average molecular weight is 442 g/mol. The molecular weight excluding hydrogens is 420 g/mol. The fourth-order valence-corrected chi connectivity index (χ4v) is 4.08. The second-order valence-corrected chi connectivity index (χ2v) is 7.83. The van der Waals surface area contributed by atoms with Crippen molar-refractivity contribution in [3.63, 3.8) is 0 Å². The van der Waals surface area contributed by atoms with Gasteiger partial charge in [0, 0.05) is 17.0 Å². The van der Waals surface area contributed by atoms with Crippen LogP contribution in [0, 0.1) is 0 Å². The summed E-state index contributed by atoms with van der Waals surface area (Å²) in [6.07, 6.45) is -0.0802. The van der Waals surface area contributed by atoms with Crippen LogP contribution in [0.5, 0.6) is 0 Å². The van der Waals surface area contributed by atoms with Gasteiger partial charge in [-0.25, -0.2) is 9.59 Å². The number of carbonyl (C=O) groups excluding carboxylic acids is 4. The maximum absolute atomic E-state index is 12.6. The van der Waals surface area contributed by atoms with E-state index in [-0.39, 0.29) is 42.4 Å². The molecular formula is C22H22N2O6S. The van der Waals surface area contributed by atoms with Crippen molar-refractivity contribution in [1.82, 2.24) is 0 Å². The number of rotatable bonds is 7. The van der Waals surface area contributed by atoms with E-state index < -0.39 is 23.1 Å². The number of thioether (sulfide) groups is 1. The molecule has 0 unspecified atom stereocenters. The zero-order valence-electron chi connectivity index (χ0n) is 17.1. The van der Waals surface area contributed by atoms with Crippen LogP contribution in [0.25, 0.3) is 0 Å². The number of para-hydroxylation sites is 1. The Bertz CT molecular complexity index is 987. The second-order valence-electron chi connectivity index (χ2n) is 6.58. The predicted octanol–water partition coefficient (Wildman–Crippen LogP) is 3.48. The number of benzene rings is 2. The lowest BCUT2D eigenvalue weighted by atomic mass is 10.1. The van der Waals surface area contributed by atoms with Crippen LogP contribution in [0.1, 0.15) is 41.0 Å². The second kappa shape index (κ2) is 10.1. The fraction of sp³-hybridized carbons (Fsp3) is 0.273. The van der Waals surface area contributed by atoms with Gasteiger partial charge in [0.15, 0.2) is 0 Å². The molecule has 2 N–H and O–H groups in total. The third-order valence-electron chi connectivity index (χ3n) is 4.32. The molecule has 0 saturated carbocycles. The van der Waals surface area contributed by atoms with Gasteiger partial charge in [0.1, 0.15) is 0 Å². The SMILES string of the molecule is CCOC(=O)c1cc(NC(=O)C[C@@H]2Sc3ccccc3NC2=O)cc(C(=O)OCC)c1. The fourth-order valence-electron chi connectivity index (χ4n) is 2.97. The number of hydrogen-bond acceptors (Lipinski definition) is 7. The maximum Gasteiger partial charge on any atom is 0.338 e. The summed E-state index contributed by atoms with van der Waals surface area (Å²) in [7, 11) is 0. The van der Waals surface area contributed by atoms with Crippen molar-refractivity contribution < 1.29 is 28.7 Å². The van der Waals surface area contributed by atoms with E-state index in [9.17, 15) is 19.2 Å². The Balaban J connectivity index is 1.76. The largest absolute Gasteiger partial charge is 0.462 e. The minimum atomic E-state index is -0.622. The van der Waals surface area contributed by atoms with Crippen molar-refractivity contribution >= 4 is 46.9 Å². The number of carbonyl (C=O) groups is 4. The summed E-state index contributed by atoms with van der Waals surface area (Å²) < 4.78 is 9.98. The van der Waals surface area contributed by atoms with Gasteiger partial charge in [0.05, 0.1) is 35.3 Å². The molecule has 1 aliphatic rings. The maximum atomic E-state index is 12.6. The molecule has 31 heavy (non-hydrogen) atoms. The first kappa shape index (κ1) is 22.4. The summed E-state index contributed by atoms with van der Waals surface area (Å²) in [6, 6.07) is 11.5. The van der Waals surface area contributed by atoms with E-state index >= 15 is 0 Å². The smallest absolute Gasteiger partial charge is 0.338 e. The zero-order valence-corrected chi connectivity index (χ0v) is 17.9. The van der Waals surface area contributed by atoms with Crippen LogP contribution in [0.15, 0.2) is 47.4 Å². The monoisotopic (exact) mass is 442 g/mol. The summed E-state index contributed by atoms with van der Waals surface area (Å²) in [5.74, 6) is -1.93. The van der Waals surface area contributed by atoms with Crippen molar-refractivity contribution in [2.45, 2.75) is 30.4 Å². The highest BCUT2D eigenvalue weighted by molar-refractivity contribution is 8.01. The number of esters is 2. The van der Waals surface area contributed by atoms with E-state index in [4.69, 9.17) is 9.47 Å². The van der Waals surface area contributed by atoms with Crippen molar-refractivity contribution in [3.05, 3.63) is 53.6 Å². The van der Waals surface area contributed by atoms with Crippen molar-refractivity contribution in [2.75, 3.05) is 23.8 Å². The third-order valence-corrected chi connectivity index (χ3v) is 5.59. The van der Waals surface area contributed by atoms with Crippen LogP contribution < -0.4 is 10.6 Å². The highest BCUT2D eigenvalue weighted by Crippen LogP contribution is 2.36. The molecule has 162 valence electrons. The molecule has 0 aliphatic carbocycles. The Hall–Kier alpha value is -3.33. The molecule has 2 aromatic carbocycles. The molecule has 0 aromatic heterocycles. The van der Waals surface area contributed by atoms with Gasteiger partial charge in [-0.1, -0.05) is 12.1 Å². The molecule has 9 heteroatoms. The topological polar surface area (TPSA) is 111 Å². The molecule has 1 atom stereocenters. The van der Waals surface area contributed by atoms with Crippen LogP contribution in [0.2, 0.25) is 0 Å². The van der Waals surface area contributed by atoms with Crippen LogP contribution in [0.3, 0.4) is 0 Å². The van der Waals surface area contributed by atoms with Gasteiger partial charge >= 0.3 is 11.9 Å². The van der Waals surface area contributed by atoms with Gasteiger partial charge in [-0.3, -0.25) is 9.59 Å². The summed E-state index contributed by atoms with van der Waals surface area (Å²) in [5, 5.41) is 4.85. The summed E-state index contributed by atoms with van der Waals surface area (Å²) in [4.78, 5) is 50.1. The normalized spacial score (nSPS) is 14.8. The van der Waals surface area contributed by atoms with Crippen LogP contribution >= 0.6 is 11.8 Å². The molecule has 0 radical (unpaired) electrons. The number of nitrogens with one attached hydrogen (secondary N) is 2. The lowest BCUT2D eigenvalue weighted by molar-refractivity contribution is -0.120. The van der Waals surface area contributed by atoms with Crippen LogP contribution in [-0.2, 0) is 19.1 Å². The van der Waals surface area contributed by atoms with E-state index in [0.717, 1.165) is 10.6 Å². The molecule has 2 aromatic rings. The molecule has 1 aliphatic heterocycles. The molecule has 0 spiro atoms. The first-order valence-corrected chi connectivity index (χ1v) is 10.6. The zero-order chi connectivity index (χ0) is 22.4. The van der Waals surface area contributed by atoms with E-state index in [1.807, 2.05) is 18.2 Å². The standard InChI is InChI=1S/C22H22N2O6S/c1-3-29-21(27)13-9-14(22(28)30-4-2)11-15(10-13)23-19(25)12-18-20(26)24-16-7-5-6-8-17(16)31-18/h5-11,18H,3-4,12H2,1-2H3,(H,23,25)(H,24,26)/t18-/m0/s1. The van der Waals surface area contributed by atoms with Gasteiger partial charge in [0.2, 0.25) is 11.8 Å². The molecule has 2 amide bonds. The van der Waals surface area contributed by atoms with E-state index in [2.05, 4.69) is 10.6 Å². The Labute approximate surface area is 183 Å². The van der Waals surface area contributed by atoms with Crippen molar-refractivity contribution in [3.8, 4) is 0 Å². The molecule has 3 rings (SSSR count). The highest BCUT2D eigenvalue weighted by atomic mass is 32.2. The lowest BCUT2D eigenvalue weighted by Gasteiger charge is -2.23. The highest BCUT2D eigenvalue weighted by Gasteiger charge is 2.29. The average Bonchev–Trinajstić information content (AvgIpc) is 2.74. The van der Waals surface area contributed by atoms with E-state index in [1.54, 1.807) is 19.9 Å². The molecule has 0 saturated heterocycles. The summed E-state index contributed by atoms with van der Waals surface area (Å²) >= 11 is 1.31. The van der Waals surface area contributed by atoms with Gasteiger partial charge < -0.3 is 20.1 Å². The predicted molar refractivity (Wildman–Crippen MR) is 116 cm³/mol. The molecule has 0 fully saturated rings. The van der Waals surface area contributed by atoms with Gasteiger partial charge in [0.25, 0.3) is 0 Å². The Morgan fingerprint density at radius 3 is 2.23 bits per heavy atom. The number of anilines is 2.